The number of nitrogens with two attached hydrogens (primary N) is 1. The second-order valence-electron chi connectivity index (χ2n) is 6.02. The average Bonchev–Trinajstić information content (AvgIpc) is 2.96. The fraction of sp³-hybridized carbons (Fsp3) is 0.235. The van der Waals surface area contributed by atoms with Crippen LogP contribution in [-0.4, -0.2) is 28.2 Å². The highest BCUT2D eigenvalue weighted by molar-refractivity contribution is 7.93. The Morgan fingerprint density at radius 3 is 2.76 bits per heavy atom. The lowest BCUT2D eigenvalue weighted by molar-refractivity contribution is 0.548. The summed E-state index contributed by atoms with van der Waals surface area (Å²) in [5.74, 6) is 0.232. The van der Waals surface area contributed by atoms with Gasteiger partial charge in [0.05, 0.1) is 11.1 Å². The van der Waals surface area contributed by atoms with E-state index in [2.05, 4.69) is 21.6 Å². The second-order valence-corrected chi connectivity index (χ2v) is 7.97. The molecule has 0 aliphatic heterocycles. The molecular weight excluding hydrogens is 338 g/mol. The number of hydrogen-bond donors (Lipinski definition) is 1. The summed E-state index contributed by atoms with van der Waals surface area (Å²) in [4.78, 5) is 8.37. The Bertz CT molecular complexity index is 1050. The third-order valence-electron chi connectivity index (χ3n) is 3.83. The van der Waals surface area contributed by atoms with Crippen molar-refractivity contribution < 1.29 is 8.42 Å². The first-order chi connectivity index (χ1) is 11.8. The van der Waals surface area contributed by atoms with Gasteiger partial charge >= 0.3 is 0 Å². The maximum atomic E-state index is 11.8. The van der Waals surface area contributed by atoms with Gasteiger partial charge in [0.1, 0.15) is 17.8 Å². The van der Waals surface area contributed by atoms with E-state index in [1.54, 1.807) is 22.9 Å². The molecular formula is C17H19N5O2S. The Hall–Kier alpha value is -2.74. The molecule has 0 radical (unpaired) electrons. The van der Waals surface area contributed by atoms with Crippen LogP contribution in [0.25, 0.3) is 22.3 Å². The van der Waals surface area contributed by atoms with Crippen molar-refractivity contribution in [2.75, 3.05) is 5.73 Å². The highest BCUT2D eigenvalue weighted by Crippen LogP contribution is 2.32. The van der Waals surface area contributed by atoms with E-state index in [0.29, 0.717) is 28.1 Å². The standard InChI is InChI=1S/C17H19N5O2S/c1-4-25(23,24)9-12-6-5-7-13(8-12)15-14-16(18)19-10-20-17(14)22(21-15)11(2)3/h4-8,10-11H,1,9H2,2-3H3,(H2,18,19,20). The van der Waals surface area contributed by atoms with Crippen molar-refractivity contribution in [3.05, 3.63) is 48.1 Å². The molecule has 0 fully saturated rings. The van der Waals surface area contributed by atoms with Crippen molar-refractivity contribution in [3.63, 3.8) is 0 Å². The number of anilines is 1. The second kappa shape index (κ2) is 6.29. The van der Waals surface area contributed by atoms with Crippen molar-refractivity contribution in [2.24, 2.45) is 0 Å². The van der Waals surface area contributed by atoms with E-state index in [9.17, 15) is 8.42 Å². The van der Waals surface area contributed by atoms with E-state index >= 15 is 0 Å². The van der Waals surface area contributed by atoms with E-state index in [1.165, 1.54) is 6.33 Å². The molecule has 0 saturated heterocycles. The number of nitrogens with zero attached hydrogens (tertiary/aromatic N) is 4. The Morgan fingerprint density at radius 2 is 2.08 bits per heavy atom. The number of nitrogen functional groups attached to an aromatic ring is 1. The van der Waals surface area contributed by atoms with E-state index < -0.39 is 9.84 Å². The summed E-state index contributed by atoms with van der Waals surface area (Å²) in [7, 11) is -3.34. The van der Waals surface area contributed by atoms with Gasteiger partial charge in [-0.1, -0.05) is 24.8 Å². The van der Waals surface area contributed by atoms with Crippen LogP contribution in [0.1, 0.15) is 25.5 Å². The van der Waals surface area contributed by atoms with Gasteiger partial charge in [-0.15, -0.1) is 0 Å². The minimum absolute atomic E-state index is 0.0925. The van der Waals surface area contributed by atoms with Gasteiger partial charge in [-0.25, -0.2) is 23.1 Å². The van der Waals surface area contributed by atoms with Crippen molar-refractivity contribution in [3.8, 4) is 11.3 Å². The zero-order chi connectivity index (χ0) is 18.2. The van der Waals surface area contributed by atoms with Gasteiger partial charge in [0.2, 0.25) is 0 Å². The lowest BCUT2D eigenvalue weighted by atomic mass is 10.1. The molecule has 3 aromatic rings. The van der Waals surface area contributed by atoms with Crippen molar-refractivity contribution in [1.82, 2.24) is 19.7 Å². The molecule has 0 aliphatic rings. The van der Waals surface area contributed by atoms with Crippen molar-refractivity contribution >= 4 is 26.7 Å². The maximum absolute atomic E-state index is 11.8. The highest BCUT2D eigenvalue weighted by Gasteiger charge is 2.19. The van der Waals surface area contributed by atoms with Crippen LogP contribution in [0.5, 0.6) is 0 Å². The predicted molar refractivity (Wildman–Crippen MR) is 98.4 cm³/mol. The van der Waals surface area contributed by atoms with E-state index in [0.717, 1.165) is 11.0 Å². The first-order valence-corrected chi connectivity index (χ1v) is 9.47. The number of aromatic nitrogens is 4. The summed E-state index contributed by atoms with van der Waals surface area (Å²) in [6.45, 7) is 7.35. The molecule has 0 bridgehead atoms. The molecule has 0 saturated carbocycles. The molecule has 2 aromatic heterocycles. The fourth-order valence-corrected chi connectivity index (χ4v) is 3.42. The molecule has 2 N–H and O–H groups in total. The molecule has 0 amide bonds. The maximum Gasteiger partial charge on any atom is 0.175 e. The summed E-state index contributed by atoms with van der Waals surface area (Å²) in [5, 5.41) is 6.28. The van der Waals surface area contributed by atoms with Gasteiger partial charge in [0.15, 0.2) is 15.5 Å². The van der Waals surface area contributed by atoms with Crippen LogP contribution in [0.15, 0.2) is 42.6 Å². The van der Waals surface area contributed by atoms with E-state index in [-0.39, 0.29) is 11.8 Å². The number of fused-ring (bicyclic) bond motifs is 1. The number of sulfone groups is 1. The quantitative estimate of drug-likeness (QED) is 0.753. The lowest BCUT2D eigenvalue weighted by Crippen LogP contribution is -2.04. The third-order valence-corrected chi connectivity index (χ3v) is 5.07. The first kappa shape index (κ1) is 17.1. The van der Waals surface area contributed by atoms with Crippen LogP contribution in [0.4, 0.5) is 5.82 Å². The van der Waals surface area contributed by atoms with Crippen LogP contribution in [0, 0.1) is 0 Å². The Balaban J connectivity index is 2.19. The Labute approximate surface area is 146 Å². The smallest absolute Gasteiger partial charge is 0.175 e. The van der Waals surface area contributed by atoms with E-state index in [1.807, 2.05) is 19.9 Å². The fourth-order valence-electron chi connectivity index (χ4n) is 2.66. The molecule has 0 unspecified atom stereocenters. The highest BCUT2D eigenvalue weighted by atomic mass is 32.2. The molecule has 1 aromatic carbocycles. The van der Waals surface area contributed by atoms with Gasteiger partial charge in [-0.3, -0.25) is 0 Å². The summed E-state index contributed by atoms with van der Waals surface area (Å²) >= 11 is 0. The zero-order valence-electron chi connectivity index (χ0n) is 14.0. The molecule has 25 heavy (non-hydrogen) atoms. The summed E-state index contributed by atoms with van der Waals surface area (Å²) < 4.78 is 25.4. The number of benzene rings is 1. The van der Waals surface area contributed by atoms with Gasteiger partial charge in [-0.2, -0.15) is 5.10 Å². The van der Waals surface area contributed by atoms with Gasteiger partial charge < -0.3 is 5.73 Å². The predicted octanol–water partition coefficient (Wildman–Crippen LogP) is 2.71. The lowest BCUT2D eigenvalue weighted by Gasteiger charge is -2.05. The van der Waals surface area contributed by atoms with Crippen LogP contribution in [0.2, 0.25) is 0 Å². The molecule has 2 heterocycles. The molecule has 0 atom stereocenters. The monoisotopic (exact) mass is 357 g/mol. The number of rotatable bonds is 5. The van der Waals surface area contributed by atoms with Gasteiger partial charge in [-0.05, 0) is 25.5 Å². The molecule has 0 spiro atoms. The molecule has 3 rings (SSSR count). The largest absolute Gasteiger partial charge is 0.383 e. The average molecular weight is 357 g/mol. The normalized spacial score (nSPS) is 12.0. The molecule has 130 valence electrons. The summed E-state index contributed by atoms with van der Waals surface area (Å²) in [6, 6.07) is 7.30. The Kier molecular flexibility index (Phi) is 4.30. The van der Waals surface area contributed by atoms with Crippen molar-refractivity contribution in [2.45, 2.75) is 25.6 Å². The molecule has 7 nitrogen and oxygen atoms in total. The SMILES string of the molecule is C=CS(=O)(=O)Cc1cccc(-c2nn(C(C)C)c3ncnc(N)c23)c1. The van der Waals surface area contributed by atoms with Gasteiger partial charge in [0, 0.05) is 17.0 Å². The van der Waals surface area contributed by atoms with Crippen molar-refractivity contribution in [1.29, 1.82) is 0 Å². The van der Waals surface area contributed by atoms with Crippen LogP contribution in [-0.2, 0) is 15.6 Å². The summed E-state index contributed by atoms with van der Waals surface area (Å²) in [6.07, 6.45) is 1.41. The zero-order valence-corrected chi connectivity index (χ0v) is 14.9. The van der Waals surface area contributed by atoms with Crippen LogP contribution < -0.4 is 5.73 Å². The molecule has 0 aliphatic carbocycles. The first-order valence-electron chi connectivity index (χ1n) is 7.75. The summed E-state index contributed by atoms with van der Waals surface area (Å²) in [5.41, 5.74) is 8.77. The number of hydrogen-bond acceptors (Lipinski definition) is 6. The Morgan fingerprint density at radius 1 is 1.32 bits per heavy atom. The van der Waals surface area contributed by atoms with Gasteiger partial charge in [0.25, 0.3) is 0 Å². The van der Waals surface area contributed by atoms with Crippen LogP contribution >= 0.6 is 0 Å². The minimum atomic E-state index is -3.34. The van der Waals surface area contributed by atoms with E-state index in [4.69, 9.17) is 5.73 Å². The molecule has 8 heteroatoms. The third kappa shape index (κ3) is 3.25. The topological polar surface area (TPSA) is 104 Å². The van der Waals surface area contributed by atoms with Crippen LogP contribution in [0.3, 0.4) is 0 Å². The minimum Gasteiger partial charge on any atom is -0.383 e.